The van der Waals surface area contributed by atoms with Gasteiger partial charge in [0.05, 0.1) is 18.8 Å². The topological polar surface area (TPSA) is 116 Å². The van der Waals surface area contributed by atoms with Gasteiger partial charge in [-0.2, -0.15) is 0 Å². The number of barbiturate groups is 1. The maximum absolute atomic E-state index is 12.7. The van der Waals surface area contributed by atoms with Crippen molar-refractivity contribution in [3.05, 3.63) is 65.2 Å². The number of ether oxygens (including phenoxy) is 1. The molecule has 0 aliphatic carbocycles. The number of urea groups is 1. The summed E-state index contributed by atoms with van der Waals surface area (Å²) in [6.07, 6.45) is 1.20. The van der Waals surface area contributed by atoms with Gasteiger partial charge >= 0.3 is 6.03 Å². The lowest BCUT2D eigenvalue weighted by atomic mass is 10.0. The number of aromatic carboxylic acids is 1. The fourth-order valence-electron chi connectivity index (χ4n) is 2.61. The Morgan fingerprint density at radius 3 is 2.44 bits per heavy atom. The number of imide groups is 2. The highest BCUT2D eigenvalue weighted by atomic mass is 16.5. The quantitative estimate of drug-likeness (QED) is 0.631. The summed E-state index contributed by atoms with van der Waals surface area (Å²) in [5.74, 6) is -3.07. The minimum atomic E-state index is -1.47. The fourth-order valence-corrected chi connectivity index (χ4v) is 2.61. The number of carboxylic acids is 1. The molecule has 27 heavy (non-hydrogen) atoms. The van der Waals surface area contributed by atoms with Crippen LogP contribution in [-0.4, -0.2) is 30.9 Å². The van der Waals surface area contributed by atoms with Crippen LogP contribution in [0.3, 0.4) is 0 Å². The highest BCUT2D eigenvalue weighted by Crippen LogP contribution is 2.24. The minimum Gasteiger partial charge on any atom is -0.545 e. The van der Waals surface area contributed by atoms with Crippen molar-refractivity contribution in [3.63, 3.8) is 0 Å². The van der Waals surface area contributed by atoms with Crippen LogP contribution in [0.4, 0.5) is 10.5 Å². The fraction of sp³-hybridized carbons (Fsp3) is 0.0526. The van der Waals surface area contributed by atoms with Crippen molar-refractivity contribution in [1.29, 1.82) is 0 Å². The number of hydrogen-bond donors (Lipinski definition) is 1. The van der Waals surface area contributed by atoms with Gasteiger partial charge in [0.1, 0.15) is 11.3 Å². The Morgan fingerprint density at radius 1 is 1.11 bits per heavy atom. The number of carboxylic acid groups (broad SMARTS) is 1. The van der Waals surface area contributed by atoms with Crippen LogP contribution in [0, 0.1) is 0 Å². The zero-order chi connectivity index (χ0) is 19.6. The SMILES string of the molecule is COc1ccc(/C=C2\C(=O)NC(=O)N(c3ccccc3)C2=O)cc1C(=O)[O-]. The highest BCUT2D eigenvalue weighted by Gasteiger charge is 2.36. The Bertz CT molecular complexity index is 981. The van der Waals surface area contributed by atoms with Crippen LogP contribution in [-0.2, 0) is 9.59 Å². The summed E-state index contributed by atoms with van der Waals surface area (Å²) in [6, 6.07) is 11.3. The lowest BCUT2D eigenvalue weighted by Gasteiger charge is -2.26. The van der Waals surface area contributed by atoms with Crippen molar-refractivity contribution in [2.75, 3.05) is 12.0 Å². The van der Waals surface area contributed by atoms with Crippen LogP contribution >= 0.6 is 0 Å². The van der Waals surface area contributed by atoms with E-state index in [0.29, 0.717) is 5.69 Å². The predicted molar refractivity (Wildman–Crippen MR) is 92.8 cm³/mol. The van der Waals surface area contributed by atoms with Crippen molar-refractivity contribution in [2.24, 2.45) is 0 Å². The second-order valence-corrected chi connectivity index (χ2v) is 5.54. The van der Waals surface area contributed by atoms with Gasteiger partial charge in [-0.1, -0.05) is 24.3 Å². The maximum Gasteiger partial charge on any atom is 0.335 e. The van der Waals surface area contributed by atoms with E-state index in [-0.39, 0.29) is 22.4 Å². The van der Waals surface area contributed by atoms with Gasteiger partial charge < -0.3 is 14.6 Å². The van der Waals surface area contributed by atoms with Gasteiger partial charge in [0.15, 0.2) is 0 Å². The van der Waals surface area contributed by atoms with E-state index >= 15 is 0 Å². The summed E-state index contributed by atoms with van der Waals surface area (Å²) in [5.41, 5.74) is 0.0128. The summed E-state index contributed by atoms with van der Waals surface area (Å²) < 4.78 is 4.94. The molecule has 0 bridgehead atoms. The number of rotatable bonds is 4. The van der Waals surface area contributed by atoms with Crippen LogP contribution in [0.5, 0.6) is 5.75 Å². The molecule has 1 aliphatic rings. The summed E-state index contributed by atoms with van der Waals surface area (Å²) in [5, 5.41) is 13.3. The summed E-state index contributed by atoms with van der Waals surface area (Å²) in [6.45, 7) is 0. The molecule has 0 spiro atoms. The molecular formula is C19H13N2O6-. The first-order valence-corrected chi connectivity index (χ1v) is 7.78. The van der Waals surface area contributed by atoms with Gasteiger partial charge in [0.25, 0.3) is 11.8 Å². The van der Waals surface area contributed by atoms with E-state index in [2.05, 4.69) is 5.32 Å². The van der Waals surface area contributed by atoms with E-state index in [4.69, 9.17) is 4.74 Å². The number of benzene rings is 2. The molecule has 4 amide bonds. The average molecular weight is 365 g/mol. The molecule has 0 unspecified atom stereocenters. The summed E-state index contributed by atoms with van der Waals surface area (Å²) in [4.78, 5) is 49.0. The largest absolute Gasteiger partial charge is 0.545 e. The van der Waals surface area contributed by atoms with Crippen molar-refractivity contribution in [3.8, 4) is 5.75 Å². The summed E-state index contributed by atoms with van der Waals surface area (Å²) >= 11 is 0. The van der Waals surface area contributed by atoms with Gasteiger partial charge in [-0.15, -0.1) is 0 Å². The molecule has 0 radical (unpaired) electrons. The van der Waals surface area contributed by atoms with Gasteiger partial charge in [-0.3, -0.25) is 14.9 Å². The zero-order valence-corrected chi connectivity index (χ0v) is 14.1. The molecule has 136 valence electrons. The van der Waals surface area contributed by atoms with Gasteiger partial charge in [-0.25, -0.2) is 9.69 Å². The molecular weight excluding hydrogens is 352 g/mol. The number of para-hydroxylation sites is 1. The van der Waals surface area contributed by atoms with Crippen LogP contribution in [0.15, 0.2) is 54.1 Å². The zero-order valence-electron chi connectivity index (χ0n) is 14.1. The third-order valence-electron chi connectivity index (χ3n) is 3.87. The molecule has 1 aliphatic heterocycles. The molecule has 1 fully saturated rings. The van der Waals surface area contributed by atoms with E-state index in [1.807, 2.05) is 0 Å². The number of anilines is 1. The van der Waals surface area contributed by atoms with Crippen LogP contribution < -0.4 is 20.1 Å². The van der Waals surface area contributed by atoms with Gasteiger partial charge in [0, 0.05) is 5.56 Å². The summed E-state index contributed by atoms with van der Waals surface area (Å²) in [7, 11) is 1.31. The Balaban J connectivity index is 2.03. The molecule has 1 saturated heterocycles. The van der Waals surface area contributed by atoms with Crippen LogP contribution in [0.25, 0.3) is 6.08 Å². The molecule has 0 aromatic heterocycles. The van der Waals surface area contributed by atoms with E-state index < -0.39 is 23.8 Å². The van der Waals surface area contributed by atoms with Crippen LogP contribution in [0.1, 0.15) is 15.9 Å². The van der Waals surface area contributed by atoms with Crippen molar-refractivity contribution >= 4 is 35.6 Å². The van der Waals surface area contributed by atoms with E-state index in [1.165, 1.54) is 31.4 Å². The Kier molecular flexibility index (Phi) is 4.71. The number of carbonyl (C=O) groups excluding carboxylic acids is 4. The third-order valence-corrected chi connectivity index (χ3v) is 3.87. The number of carbonyl (C=O) groups is 4. The van der Waals surface area contributed by atoms with Crippen molar-refractivity contribution < 1.29 is 29.0 Å². The molecule has 1 N–H and O–H groups in total. The molecule has 1 heterocycles. The van der Waals surface area contributed by atoms with Crippen LogP contribution in [0.2, 0.25) is 0 Å². The first-order valence-electron chi connectivity index (χ1n) is 7.78. The standard InChI is InChI=1S/C19H14N2O6/c1-27-15-8-7-11(9-13(15)18(24)25)10-14-16(22)20-19(26)21(17(14)23)12-5-3-2-4-6-12/h2-10H,1H3,(H,24,25)(H,20,22,26)/p-1/b14-10+. The first kappa shape index (κ1) is 17.9. The highest BCUT2D eigenvalue weighted by molar-refractivity contribution is 6.39. The second kappa shape index (κ2) is 7.12. The molecule has 2 aromatic rings. The lowest BCUT2D eigenvalue weighted by Crippen LogP contribution is -2.54. The van der Waals surface area contributed by atoms with Crippen molar-refractivity contribution in [1.82, 2.24) is 5.32 Å². The number of amides is 4. The van der Waals surface area contributed by atoms with Gasteiger partial charge in [-0.05, 0) is 35.9 Å². The number of hydrogen-bond acceptors (Lipinski definition) is 6. The first-order chi connectivity index (χ1) is 12.9. The number of methoxy groups -OCH3 is 1. The predicted octanol–water partition coefficient (Wildman–Crippen LogP) is 0.725. The Hall–Kier alpha value is -3.94. The average Bonchev–Trinajstić information content (AvgIpc) is 2.65. The van der Waals surface area contributed by atoms with E-state index in [1.54, 1.807) is 30.3 Å². The molecule has 0 atom stereocenters. The lowest BCUT2D eigenvalue weighted by molar-refractivity contribution is -0.255. The smallest absolute Gasteiger partial charge is 0.335 e. The minimum absolute atomic E-state index is 0.0812. The third kappa shape index (κ3) is 3.40. The molecule has 0 saturated carbocycles. The van der Waals surface area contributed by atoms with E-state index in [9.17, 15) is 24.3 Å². The Morgan fingerprint density at radius 2 is 1.81 bits per heavy atom. The van der Waals surface area contributed by atoms with Gasteiger partial charge in [0.2, 0.25) is 0 Å². The maximum atomic E-state index is 12.7. The van der Waals surface area contributed by atoms with Crippen molar-refractivity contribution in [2.45, 2.75) is 0 Å². The number of nitrogens with one attached hydrogen (secondary N) is 1. The monoisotopic (exact) mass is 365 g/mol. The Labute approximate surface area is 153 Å². The molecule has 2 aromatic carbocycles. The second-order valence-electron chi connectivity index (χ2n) is 5.54. The molecule has 8 heteroatoms. The molecule has 3 rings (SSSR count). The van der Waals surface area contributed by atoms with E-state index in [0.717, 1.165) is 4.90 Å². The number of nitrogens with zero attached hydrogens (tertiary/aromatic N) is 1. The molecule has 8 nitrogen and oxygen atoms in total. The normalized spacial score (nSPS) is 15.7.